The van der Waals surface area contributed by atoms with Gasteiger partial charge in [0.05, 0.1) is 10.6 Å². The Morgan fingerprint density at radius 1 is 1.00 bits per heavy atom. The van der Waals surface area contributed by atoms with Crippen LogP contribution in [0.3, 0.4) is 0 Å². The van der Waals surface area contributed by atoms with Crippen molar-refractivity contribution in [3.63, 3.8) is 0 Å². The van der Waals surface area contributed by atoms with E-state index in [0.717, 1.165) is 4.88 Å². The molecule has 4 rings (SSSR count). The number of anilines is 1. The first-order chi connectivity index (χ1) is 14.1. The third kappa shape index (κ3) is 4.52. The summed E-state index contributed by atoms with van der Waals surface area (Å²) >= 11 is 2.72. The third-order valence-electron chi connectivity index (χ3n) is 3.92. The first-order valence-corrected chi connectivity index (χ1v) is 10.4. The van der Waals surface area contributed by atoms with Crippen LogP contribution in [0.25, 0.3) is 16.4 Å². The van der Waals surface area contributed by atoms with Gasteiger partial charge in [-0.05, 0) is 60.0 Å². The van der Waals surface area contributed by atoms with Crippen LogP contribution in [0, 0.1) is 11.6 Å². The number of carbonyl (C=O) groups excluding carboxylic acids is 1. The van der Waals surface area contributed by atoms with E-state index in [1.165, 1.54) is 59.5 Å². The number of thiophene rings is 1. The molecule has 1 N–H and O–H groups in total. The fraction of sp³-hybridized carbons (Fsp3) is 0.0500. The summed E-state index contributed by atoms with van der Waals surface area (Å²) in [6.07, 6.45) is 0. The largest absolute Gasteiger partial charge is 0.325 e. The molecule has 0 saturated carbocycles. The molecule has 0 atom stereocenters. The number of halogens is 2. The van der Waals surface area contributed by atoms with Crippen molar-refractivity contribution in [3.05, 3.63) is 77.7 Å². The zero-order valence-corrected chi connectivity index (χ0v) is 16.5. The highest BCUT2D eigenvalue weighted by molar-refractivity contribution is 7.99. The molecule has 0 saturated heterocycles. The van der Waals surface area contributed by atoms with E-state index in [1.807, 2.05) is 17.5 Å². The van der Waals surface area contributed by atoms with E-state index in [9.17, 15) is 13.6 Å². The Balaban J connectivity index is 1.56. The summed E-state index contributed by atoms with van der Waals surface area (Å²) in [6, 6.07) is 15.4. The van der Waals surface area contributed by atoms with Gasteiger partial charge in [0.2, 0.25) is 5.91 Å². The monoisotopic (exact) mass is 428 g/mol. The molecule has 0 fully saturated rings. The van der Waals surface area contributed by atoms with Crippen LogP contribution >= 0.6 is 23.1 Å². The number of carbonyl (C=O) groups is 1. The van der Waals surface area contributed by atoms with Crippen molar-refractivity contribution in [3.8, 4) is 16.4 Å². The van der Waals surface area contributed by atoms with Gasteiger partial charge in [-0.15, -0.1) is 21.5 Å². The lowest BCUT2D eigenvalue weighted by atomic mass is 10.3. The molecular weight excluding hydrogens is 414 g/mol. The standard InChI is InChI=1S/C20H14F2N4OS2/c21-13-3-7-15(8-4-13)23-18(27)12-29-20-25-24-19(17-2-1-11-28-17)26(20)16-9-5-14(22)6-10-16/h1-11H,12H2,(H,23,27). The Labute approximate surface area is 173 Å². The topological polar surface area (TPSA) is 59.8 Å². The van der Waals surface area contributed by atoms with Crippen LogP contribution in [0.4, 0.5) is 14.5 Å². The van der Waals surface area contributed by atoms with Crippen molar-refractivity contribution < 1.29 is 13.6 Å². The van der Waals surface area contributed by atoms with Crippen molar-refractivity contribution in [2.75, 3.05) is 11.1 Å². The van der Waals surface area contributed by atoms with Gasteiger partial charge >= 0.3 is 0 Å². The maximum atomic E-state index is 13.4. The van der Waals surface area contributed by atoms with Crippen molar-refractivity contribution in [2.24, 2.45) is 0 Å². The summed E-state index contributed by atoms with van der Waals surface area (Å²) in [5.41, 5.74) is 1.21. The van der Waals surface area contributed by atoms with E-state index in [-0.39, 0.29) is 23.3 Å². The predicted octanol–water partition coefficient (Wildman–Crippen LogP) is 5.00. The molecule has 29 heavy (non-hydrogen) atoms. The van der Waals surface area contributed by atoms with E-state index < -0.39 is 0 Å². The maximum absolute atomic E-state index is 13.4. The quantitative estimate of drug-likeness (QED) is 0.439. The molecule has 9 heteroatoms. The van der Waals surface area contributed by atoms with E-state index in [0.29, 0.717) is 22.4 Å². The Morgan fingerprint density at radius 2 is 1.69 bits per heavy atom. The molecule has 0 bridgehead atoms. The molecule has 0 aliphatic rings. The first-order valence-electron chi connectivity index (χ1n) is 8.53. The summed E-state index contributed by atoms with van der Waals surface area (Å²) < 4.78 is 28.1. The fourth-order valence-electron chi connectivity index (χ4n) is 2.61. The molecule has 0 aliphatic carbocycles. The predicted molar refractivity (Wildman–Crippen MR) is 110 cm³/mol. The number of nitrogens with one attached hydrogen (secondary N) is 1. The maximum Gasteiger partial charge on any atom is 0.234 e. The van der Waals surface area contributed by atoms with E-state index >= 15 is 0 Å². The Morgan fingerprint density at radius 3 is 2.34 bits per heavy atom. The minimum absolute atomic E-state index is 0.0845. The van der Waals surface area contributed by atoms with Crippen molar-refractivity contribution in [2.45, 2.75) is 5.16 Å². The van der Waals surface area contributed by atoms with E-state index in [4.69, 9.17) is 0 Å². The lowest BCUT2D eigenvalue weighted by Crippen LogP contribution is -2.14. The second-order valence-electron chi connectivity index (χ2n) is 5.94. The number of benzene rings is 2. The molecule has 2 aromatic heterocycles. The fourth-order valence-corrected chi connectivity index (χ4v) is 4.06. The molecular formula is C20H14F2N4OS2. The summed E-state index contributed by atoms with van der Waals surface area (Å²) in [4.78, 5) is 13.2. The third-order valence-corrected chi connectivity index (χ3v) is 5.71. The van der Waals surface area contributed by atoms with Crippen LogP contribution in [0.15, 0.2) is 71.2 Å². The molecule has 146 valence electrons. The number of hydrogen-bond donors (Lipinski definition) is 1. The molecule has 2 heterocycles. The molecule has 0 aliphatic heterocycles. The Bertz CT molecular complexity index is 1110. The van der Waals surface area contributed by atoms with Crippen LogP contribution in [-0.2, 0) is 4.79 Å². The van der Waals surface area contributed by atoms with Crippen molar-refractivity contribution in [1.82, 2.24) is 14.8 Å². The first kappa shape index (κ1) is 19.3. The van der Waals surface area contributed by atoms with Crippen molar-refractivity contribution in [1.29, 1.82) is 0 Å². The summed E-state index contributed by atoms with van der Waals surface area (Å²) in [5, 5.41) is 13.6. The highest BCUT2D eigenvalue weighted by Crippen LogP contribution is 2.30. The van der Waals surface area contributed by atoms with Crippen LogP contribution in [0.5, 0.6) is 0 Å². The van der Waals surface area contributed by atoms with Crippen LogP contribution in [0.1, 0.15) is 0 Å². The van der Waals surface area contributed by atoms with Gasteiger partial charge in [0.1, 0.15) is 11.6 Å². The van der Waals surface area contributed by atoms with Crippen LogP contribution < -0.4 is 5.32 Å². The molecule has 5 nitrogen and oxygen atoms in total. The lowest BCUT2D eigenvalue weighted by molar-refractivity contribution is -0.113. The molecule has 0 radical (unpaired) electrons. The smallest absolute Gasteiger partial charge is 0.234 e. The molecule has 1 amide bonds. The highest BCUT2D eigenvalue weighted by atomic mass is 32.2. The second kappa shape index (κ2) is 8.54. The highest BCUT2D eigenvalue weighted by Gasteiger charge is 2.18. The van der Waals surface area contributed by atoms with Gasteiger partial charge in [0.15, 0.2) is 11.0 Å². The number of thioether (sulfide) groups is 1. The average molecular weight is 428 g/mol. The van der Waals surface area contributed by atoms with Crippen LogP contribution in [0.2, 0.25) is 0 Å². The normalized spacial score (nSPS) is 10.8. The minimum Gasteiger partial charge on any atom is -0.325 e. The summed E-state index contributed by atoms with van der Waals surface area (Å²) in [5.74, 6) is -0.263. The zero-order chi connectivity index (χ0) is 20.2. The Hall–Kier alpha value is -3.04. The van der Waals surface area contributed by atoms with Gasteiger partial charge in [0.25, 0.3) is 0 Å². The number of hydrogen-bond acceptors (Lipinski definition) is 5. The molecule has 0 unspecified atom stereocenters. The molecule has 0 spiro atoms. The number of nitrogens with zero attached hydrogens (tertiary/aromatic N) is 3. The summed E-state index contributed by atoms with van der Waals surface area (Å²) in [6.45, 7) is 0. The van der Waals surface area contributed by atoms with Crippen LogP contribution in [-0.4, -0.2) is 26.4 Å². The lowest BCUT2D eigenvalue weighted by Gasteiger charge is -2.10. The Kier molecular flexibility index (Phi) is 5.68. The average Bonchev–Trinajstić information content (AvgIpc) is 3.38. The van der Waals surface area contributed by atoms with E-state index in [1.54, 1.807) is 16.7 Å². The van der Waals surface area contributed by atoms with Gasteiger partial charge in [-0.2, -0.15) is 0 Å². The number of rotatable bonds is 6. The van der Waals surface area contributed by atoms with Gasteiger partial charge in [-0.1, -0.05) is 17.8 Å². The van der Waals surface area contributed by atoms with Gasteiger partial charge in [-0.3, -0.25) is 9.36 Å². The van der Waals surface area contributed by atoms with Gasteiger partial charge in [0, 0.05) is 11.4 Å². The SMILES string of the molecule is O=C(CSc1nnc(-c2cccs2)n1-c1ccc(F)cc1)Nc1ccc(F)cc1. The van der Waals surface area contributed by atoms with Gasteiger partial charge < -0.3 is 5.32 Å². The molecule has 4 aromatic rings. The van der Waals surface area contributed by atoms with Crippen molar-refractivity contribution >= 4 is 34.7 Å². The summed E-state index contributed by atoms with van der Waals surface area (Å²) in [7, 11) is 0. The number of aromatic nitrogens is 3. The second-order valence-corrected chi connectivity index (χ2v) is 7.83. The molecule has 2 aromatic carbocycles. The minimum atomic E-state index is -0.370. The van der Waals surface area contributed by atoms with Gasteiger partial charge in [-0.25, -0.2) is 8.78 Å². The van der Waals surface area contributed by atoms with E-state index in [2.05, 4.69) is 15.5 Å². The number of amides is 1. The zero-order valence-electron chi connectivity index (χ0n) is 14.9.